The Labute approximate surface area is 205 Å². The lowest BCUT2D eigenvalue weighted by Gasteiger charge is -2.23. The quantitative estimate of drug-likeness (QED) is 0.308. The Morgan fingerprint density at radius 1 is 0.914 bits per heavy atom. The molecule has 0 saturated heterocycles. The van der Waals surface area contributed by atoms with Gasteiger partial charge < -0.3 is 0 Å². The van der Waals surface area contributed by atoms with Gasteiger partial charge in [0.15, 0.2) is 0 Å². The zero-order chi connectivity index (χ0) is 24.4. The predicted octanol–water partition coefficient (Wildman–Crippen LogP) is 4.59. The molecule has 4 aromatic carbocycles. The molecular formula is C28H25N3O3S. The maximum atomic E-state index is 13.4. The molecule has 1 aliphatic rings. The number of hydrogen-bond acceptors (Lipinski definition) is 4. The summed E-state index contributed by atoms with van der Waals surface area (Å²) in [7, 11) is -3.95. The van der Waals surface area contributed by atoms with E-state index in [2.05, 4.69) is 28.7 Å². The molecule has 5 rings (SSSR count). The van der Waals surface area contributed by atoms with Crippen molar-refractivity contribution in [1.82, 2.24) is 5.43 Å². The summed E-state index contributed by atoms with van der Waals surface area (Å²) in [4.78, 5) is 12.9. The van der Waals surface area contributed by atoms with Crippen LogP contribution in [0.15, 0.2) is 94.9 Å². The van der Waals surface area contributed by atoms with Crippen molar-refractivity contribution in [3.63, 3.8) is 0 Å². The maximum absolute atomic E-state index is 13.4. The van der Waals surface area contributed by atoms with E-state index >= 15 is 0 Å². The number of benzene rings is 4. The molecule has 7 heteroatoms. The van der Waals surface area contributed by atoms with Gasteiger partial charge in [-0.3, -0.25) is 9.10 Å². The average molecular weight is 484 g/mol. The molecule has 0 bridgehead atoms. The van der Waals surface area contributed by atoms with Crippen molar-refractivity contribution in [2.24, 2.45) is 5.10 Å². The third-order valence-electron chi connectivity index (χ3n) is 6.24. The molecular weight excluding hydrogens is 458 g/mol. The molecule has 0 atom stereocenters. The van der Waals surface area contributed by atoms with Crippen LogP contribution >= 0.6 is 0 Å². The van der Waals surface area contributed by atoms with Crippen LogP contribution in [0.2, 0.25) is 0 Å². The van der Waals surface area contributed by atoms with Crippen molar-refractivity contribution >= 4 is 38.6 Å². The van der Waals surface area contributed by atoms with Gasteiger partial charge in [-0.05, 0) is 65.9 Å². The van der Waals surface area contributed by atoms with Crippen LogP contribution in [0, 0.1) is 6.92 Å². The Morgan fingerprint density at radius 2 is 1.63 bits per heavy atom. The van der Waals surface area contributed by atoms with E-state index in [0.717, 1.165) is 33.7 Å². The van der Waals surface area contributed by atoms with Gasteiger partial charge in [0.25, 0.3) is 15.9 Å². The Kier molecular flexibility index (Phi) is 6.09. The first-order chi connectivity index (χ1) is 16.9. The Hall–Kier alpha value is -3.97. The number of aryl methyl sites for hydroxylation is 3. The molecule has 0 unspecified atom stereocenters. The summed E-state index contributed by atoms with van der Waals surface area (Å²) in [6.07, 6.45) is 3.69. The lowest BCUT2D eigenvalue weighted by Crippen LogP contribution is -2.39. The van der Waals surface area contributed by atoms with E-state index in [4.69, 9.17) is 0 Å². The molecule has 176 valence electrons. The number of sulfonamides is 1. The molecule has 0 radical (unpaired) electrons. The second-order valence-corrected chi connectivity index (χ2v) is 10.5. The summed E-state index contributed by atoms with van der Waals surface area (Å²) in [6, 6.07) is 25.5. The zero-order valence-electron chi connectivity index (χ0n) is 19.3. The van der Waals surface area contributed by atoms with Crippen molar-refractivity contribution in [2.45, 2.75) is 24.7 Å². The molecule has 0 aromatic heterocycles. The molecule has 1 amide bonds. The van der Waals surface area contributed by atoms with E-state index in [1.54, 1.807) is 36.5 Å². The second kappa shape index (κ2) is 9.35. The molecule has 0 saturated carbocycles. The van der Waals surface area contributed by atoms with E-state index in [1.807, 2.05) is 31.2 Å². The van der Waals surface area contributed by atoms with Crippen LogP contribution < -0.4 is 9.73 Å². The third-order valence-corrected chi connectivity index (χ3v) is 8.03. The number of nitrogens with one attached hydrogen (secondary N) is 1. The fraction of sp³-hybridized carbons (Fsp3) is 0.143. The van der Waals surface area contributed by atoms with Crippen molar-refractivity contribution in [2.75, 3.05) is 10.8 Å². The van der Waals surface area contributed by atoms with E-state index in [-0.39, 0.29) is 4.90 Å². The molecule has 0 aliphatic heterocycles. The number of carbonyl (C=O) groups excluding carboxylic acids is 1. The van der Waals surface area contributed by atoms with Gasteiger partial charge in [0, 0.05) is 5.56 Å². The number of rotatable bonds is 7. The summed E-state index contributed by atoms with van der Waals surface area (Å²) in [5, 5.41) is 6.51. The Morgan fingerprint density at radius 3 is 2.37 bits per heavy atom. The minimum Gasteiger partial charge on any atom is -0.271 e. The summed E-state index contributed by atoms with van der Waals surface area (Å²) >= 11 is 0. The van der Waals surface area contributed by atoms with Crippen LogP contribution in [-0.2, 0) is 27.7 Å². The van der Waals surface area contributed by atoms with Gasteiger partial charge in [-0.2, -0.15) is 5.10 Å². The Balaban J connectivity index is 1.38. The third kappa shape index (κ3) is 4.55. The molecule has 6 nitrogen and oxygen atoms in total. The first kappa shape index (κ1) is 22.8. The van der Waals surface area contributed by atoms with Gasteiger partial charge in [-0.15, -0.1) is 0 Å². The van der Waals surface area contributed by atoms with E-state index in [0.29, 0.717) is 5.69 Å². The lowest BCUT2D eigenvalue weighted by molar-refractivity contribution is -0.119. The highest BCUT2D eigenvalue weighted by atomic mass is 32.2. The topological polar surface area (TPSA) is 78.8 Å². The first-order valence-electron chi connectivity index (χ1n) is 11.4. The minimum absolute atomic E-state index is 0.116. The molecule has 4 aromatic rings. The lowest BCUT2D eigenvalue weighted by atomic mass is 10.0. The predicted molar refractivity (Wildman–Crippen MR) is 139 cm³/mol. The van der Waals surface area contributed by atoms with Crippen LogP contribution in [0.3, 0.4) is 0 Å². The first-order valence-corrected chi connectivity index (χ1v) is 12.9. The van der Waals surface area contributed by atoms with Crippen LogP contribution in [-0.4, -0.2) is 27.1 Å². The number of carbonyl (C=O) groups is 1. The molecule has 0 fully saturated rings. The monoisotopic (exact) mass is 483 g/mol. The van der Waals surface area contributed by atoms with Crippen molar-refractivity contribution in [1.29, 1.82) is 0 Å². The van der Waals surface area contributed by atoms with Gasteiger partial charge in [0.1, 0.15) is 6.54 Å². The molecule has 1 aliphatic carbocycles. The van der Waals surface area contributed by atoms with E-state index in [9.17, 15) is 13.2 Å². The summed E-state index contributed by atoms with van der Waals surface area (Å²) in [5.41, 5.74) is 7.46. The summed E-state index contributed by atoms with van der Waals surface area (Å²) < 4.78 is 27.8. The summed E-state index contributed by atoms with van der Waals surface area (Å²) in [6.45, 7) is 1.52. The van der Waals surface area contributed by atoms with Crippen LogP contribution in [0.5, 0.6) is 0 Å². The van der Waals surface area contributed by atoms with Gasteiger partial charge >= 0.3 is 0 Å². The SMILES string of the molecule is Cc1ccc(N(CC(=O)N/N=C\c2ccc3c4c(cccc24)CC3)S(=O)(=O)c2ccccc2)cc1. The average Bonchev–Trinajstić information content (AvgIpc) is 3.30. The van der Waals surface area contributed by atoms with Crippen molar-refractivity contribution in [3.05, 3.63) is 107 Å². The fourth-order valence-corrected chi connectivity index (χ4v) is 5.91. The smallest absolute Gasteiger partial charge is 0.264 e. The fourth-order valence-electron chi connectivity index (χ4n) is 4.47. The van der Waals surface area contributed by atoms with Crippen molar-refractivity contribution < 1.29 is 13.2 Å². The number of hydrazone groups is 1. The molecule has 1 N–H and O–H groups in total. The highest BCUT2D eigenvalue weighted by Gasteiger charge is 2.27. The van der Waals surface area contributed by atoms with Gasteiger partial charge in [-0.1, -0.05) is 66.2 Å². The largest absolute Gasteiger partial charge is 0.271 e. The molecule has 35 heavy (non-hydrogen) atoms. The van der Waals surface area contributed by atoms with Crippen molar-refractivity contribution in [3.8, 4) is 0 Å². The summed E-state index contributed by atoms with van der Waals surface area (Å²) in [5.74, 6) is -0.535. The minimum atomic E-state index is -3.95. The van der Waals surface area contributed by atoms with Crippen LogP contribution in [0.25, 0.3) is 10.8 Å². The normalized spacial score (nSPS) is 12.8. The molecule has 0 spiro atoms. The van der Waals surface area contributed by atoms with Gasteiger partial charge in [0.2, 0.25) is 0 Å². The maximum Gasteiger partial charge on any atom is 0.264 e. The second-order valence-electron chi connectivity index (χ2n) is 8.61. The zero-order valence-corrected chi connectivity index (χ0v) is 20.1. The highest BCUT2D eigenvalue weighted by Crippen LogP contribution is 2.32. The van der Waals surface area contributed by atoms with Crippen LogP contribution in [0.1, 0.15) is 22.3 Å². The van der Waals surface area contributed by atoms with Gasteiger partial charge in [-0.25, -0.2) is 13.8 Å². The number of anilines is 1. The standard InChI is InChI=1S/C28H25N3O3S/c1-20-10-16-24(17-11-20)31(35(33,34)25-7-3-2-4-8-25)19-27(32)30-29-18-23-15-14-22-13-12-21-6-5-9-26(23)28(21)22/h2-11,14-18H,12-13,19H2,1H3,(H,30,32)/b29-18-. The number of nitrogens with zero attached hydrogens (tertiary/aromatic N) is 2. The molecule has 0 heterocycles. The van der Waals surface area contributed by atoms with Crippen LogP contribution in [0.4, 0.5) is 5.69 Å². The Bertz CT molecular complexity index is 1520. The number of amides is 1. The van der Waals surface area contributed by atoms with E-state index < -0.39 is 22.5 Å². The van der Waals surface area contributed by atoms with Gasteiger partial charge in [0.05, 0.1) is 16.8 Å². The highest BCUT2D eigenvalue weighted by molar-refractivity contribution is 7.92. The van der Waals surface area contributed by atoms with E-state index in [1.165, 1.54) is 28.6 Å². The number of hydrogen-bond donors (Lipinski definition) is 1.